The molecule has 144 valence electrons. The highest BCUT2D eigenvalue weighted by molar-refractivity contribution is 6.30. The number of nitro groups is 1. The van der Waals surface area contributed by atoms with E-state index in [4.69, 9.17) is 16.3 Å². The van der Waals surface area contributed by atoms with Gasteiger partial charge in [-0.2, -0.15) is 0 Å². The molecule has 0 fully saturated rings. The number of hydrogen-bond donors (Lipinski definition) is 2. The van der Waals surface area contributed by atoms with Crippen LogP contribution in [0.5, 0.6) is 5.75 Å². The maximum atomic E-state index is 12.3. The first kappa shape index (κ1) is 20.7. The van der Waals surface area contributed by atoms with Crippen molar-refractivity contribution in [2.75, 3.05) is 32.1 Å². The van der Waals surface area contributed by atoms with E-state index in [2.05, 4.69) is 5.32 Å². The van der Waals surface area contributed by atoms with E-state index in [1.54, 1.807) is 37.3 Å². The Balaban J connectivity index is 1.87. The number of rotatable bonds is 8. The van der Waals surface area contributed by atoms with Gasteiger partial charge in [-0.3, -0.25) is 14.9 Å². The number of nitrogens with zero attached hydrogens (tertiary/aromatic N) is 1. The minimum atomic E-state index is -0.488. The predicted molar refractivity (Wildman–Crippen MR) is 105 cm³/mol. The summed E-state index contributed by atoms with van der Waals surface area (Å²) in [6.45, 7) is 4.86. The zero-order valence-corrected chi connectivity index (χ0v) is 16.3. The van der Waals surface area contributed by atoms with Crippen LogP contribution in [0.3, 0.4) is 0 Å². The van der Waals surface area contributed by atoms with Gasteiger partial charge in [0, 0.05) is 11.1 Å². The van der Waals surface area contributed by atoms with Gasteiger partial charge < -0.3 is 15.0 Å². The number of nitro benzene ring substituents is 1. The normalized spacial score (nSPS) is 11.7. The average molecular weight is 393 g/mol. The van der Waals surface area contributed by atoms with Crippen LogP contribution >= 0.6 is 11.6 Å². The zero-order chi connectivity index (χ0) is 20.0. The average Bonchev–Trinajstić information content (AvgIpc) is 2.59. The predicted octanol–water partition coefficient (Wildman–Crippen LogP) is 2.40. The van der Waals surface area contributed by atoms with Crippen molar-refractivity contribution < 1.29 is 19.4 Å². The lowest BCUT2D eigenvalue weighted by Crippen LogP contribution is -3.10. The molecular formula is C19H23ClN3O4+. The lowest BCUT2D eigenvalue weighted by molar-refractivity contribution is -0.871. The van der Waals surface area contributed by atoms with Crippen molar-refractivity contribution in [2.45, 2.75) is 13.8 Å². The van der Waals surface area contributed by atoms with E-state index in [1.807, 2.05) is 14.0 Å². The van der Waals surface area contributed by atoms with Gasteiger partial charge in [-0.25, -0.2) is 0 Å². The molecule has 27 heavy (non-hydrogen) atoms. The van der Waals surface area contributed by atoms with Gasteiger partial charge in [-0.1, -0.05) is 11.6 Å². The SMILES string of the molecule is Cc1cc(NC(=O)C[NH+](C)CCOc2ccc(Cl)cc2)c([N+](=O)[O-])cc1C. The summed E-state index contributed by atoms with van der Waals surface area (Å²) in [5.74, 6) is 0.424. The van der Waals surface area contributed by atoms with Gasteiger partial charge >= 0.3 is 0 Å². The summed E-state index contributed by atoms with van der Waals surface area (Å²) in [5, 5.41) is 14.5. The van der Waals surface area contributed by atoms with Crippen LogP contribution in [0.25, 0.3) is 0 Å². The minimum Gasteiger partial charge on any atom is -0.488 e. The fourth-order valence-electron chi connectivity index (χ4n) is 2.48. The van der Waals surface area contributed by atoms with Crippen LogP contribution in [0.2, 0.25) is 5.02 Å². The molecule has 0 saturated carbocycles. The number of amides is 1. The topological polar surface area (TPSA) is 85.9 Å². The summed E-state index contributed by atoms with van der Waals surface area (Å²) in [5.41, 5.74) is 1.81. The molecule has 0 radical (unpaired) electrons. The summed E-state index contributed by atoms with van der Waals surface area (Å²) >= 11 is 5.82. The Labute approximate surface area is 163 Å². The first-order valence-corrected chi connectivity index (χ1v) is 8.89. The Kier molecular flexibility index (Phi) is 7.15. The smallest absolute Gasteiger partial charge is 0.293 e. The monoisotopic (exact) mass is 392 g/mol. The zero-order valence-electron chi connectivity index (χ0n) is 15.5. The molecule has 7 nitrogen and oxygen atoms in total. The maximum Gasteiger partial charge on any atom is 0.293 e. The summed E-state index contributed by atoms with van der Waals surface area (Å²) in [6.07, 6.45) is 0. The third-order valence-corrected chi connectivity index (χ3v) is 4.41. The number of nitrogens with one attached hydrogen (secondary N) is 2. The van der Waals surface area contributed by atoms with Crippen LogP contribution in [0.1, 0.15) is 11.1 Å². The lowest BCUT2D eigenvalue weighted by atomic mass is 10.1. The molecule has 0 bridgehead atoms. The van der Waals surface area contributed by atoms with Crippen LogP contribution in [0, 0.1) is 24.0 Å². The maximum absolute atomic E-state index is 12.3. The van der Waals surface area contributed by atoms with Crippen molar-refractivity contribution in [3.8, 4) is 5.75 Å². The molecule has 0 saturated heterocycles. The number of halogens is 1. The van der Waals surface area contributed by atoms with E-state index in [0.29, 0.717) is 23.9 Å². The quantitative estimate of drug-likeness (QED) is 0.533. The highest BCUT2D eigenvalue weighted by Gasteiger charge is 2.19. The molecule has 0 aliphatic rings. The Morgan fingerprint density at radius 1 is 1.22 bits per heavy atom. The number of aryl methyl sites for hydroxylation is 2. The van der Waals surface area contributed by atoms with Gasteiger partial charge in [0.15, 0.2) is 6.54 Å². The van der Waals surface area contributed by atoms with E-state index < -0.39 is 4.92 Å². The molecule has 0 spiro atoms. The molecule has 0 aliphatic heterocycles. The number of anilines is 1. The van der Waals surface area contributed by atoms with Gasteiger partial charge in [-0.05, 0) is 55.3 Å². The second-order valence-electron chi connectivity index (χ2n) is 6.45. The standard InChI is InChI=1S/C19H22ClN3O4/c1-13-10-17(18(23(25)26)11-14(13)2)21-19(24)12-22(3)8-9-27-16-6-4-15(20)5-7-16/h4-7,10-11H,8-9,12H2,1-3H3,(H,21,24)/p+1. The molecular weight excluding hydrogens is 370 g/mol. The van der Waals surface area contributed by atoms with Crippen molar-refractivity contribution in [3.63, 3.8) is 0 Å². The van der Waals surface area contributed by atoms with E-state index in [1.165, 1.54) is 6.07 Å². The first-order valence-electron chi connectivity index (χ1n) is 8.51. The number of carbonyl (C=O) groups excluding carboxylic acids is 1. The largest absolute Gasteiger partial charge is 0.488 e. The molecule has 8 heteroatoms. The molecule has 2 aromatic carbocycles. The number of benzene rings is 2. The van der Waals surface area contributed by atoms with Gasteiger partial charge in [0.25, 0.3) is 11.6 Å². The Morgan fingerprint density at radius 3 is 2.48 bits per heavy atom. The second kappa shape index (κ2) is 9.34. The molecule has 2 rings (SSSR count). The molecule has 1 amide bonds. The van der Waals surface area contributed by atoms with E-state index in [9.17, 15) is 14.9 Å². The first-order chi connectivity index (χ1) is 12.8. The highest BCUT2D eigenvalue weighted by atomic mass is 35.5. The van der Waals surface area contributed by atoms with Gasteiger partial charge in [-0.15, -0.1) is 0 Å². The van der Waals surface area contributed by atoms with Crippen molar-refractivity contribution in [3.05, 3.63) is 62.7 Å². The minimum absolute atomic E-state index is 0.102. The number of carbonyl (C=O) groups is 1. The molecule has 0 aliphatic carbocycles. The molecule has 0 aromatic heterocycles. The summed E-state index contributed by atoms with van der Waals surface area (Å²) in [7, 11) is 1.86. The molecule has 0 heterocycles. The van der Waals surface area contributed by atoms with E-state index >= 15 is 0 Å². The highest BCUT2D eigenvalue weighted by Crippen LogP contribution is 2.27. The summed E-state index contributed by atoms with van der Waals surface area (Å²) < 4.78 is 5.61. The lowest BCUT2D eigenvalue weighted by Gasteiger charge is -2.15. The van der Waals surface area contributed by atoms with Crippen LogP contribution in [-0.4, -0.2) is 37.6 Å². The molecule has 2 aromatic rings. The third kappa shape index (κ3) is 6.23. The van der Waals surface area contributed by atoms with Crippen molar-refractivity contribution in [1.29, 1.82) is 0 Å². The molecule has 1 unspecified atom stereocenters. The van der Waals surface area contributed by atoms with Crippen LogP contribution in [0.4, 0.5) is 11.4 Å². The number of likely N-dealkylation sites (N-methyl/N-ethyl adjacent to an activating group) is 1. The second-order valence-corrected chi connectivity index (χ2v) is 6.88. The molecule has 2 N–H and O–H groups in total. The van der Waals surface area contributed by atoms with Gasteiger partial charge in [0.2, 0.25) is 0 Å². The Hall–Kier alpha value is -2.64. The van der Waals surface area contributed by atoms with Crippen molar-refractivity contribution >= 4 is 28.9 Å². The summed E-state index contributed by atoms with van der Waals surface area (Å²) in [6, 6.07) is 10.2. The van der Waals surface area contributed by atoms with Crippen molar-refractivity contribution in [2.24, 2.45) is 0 Å². The third-order valence-electron chi connectivity index (χ3n) is 4.16. The van der Waals surface area contributed by atoms with E-state index in [0.717, 1.165) is 16.0 Å². The van der Waals surface area contributed by atoms with Crippen LogP contribution in [0.15, 0.2) is 36.4 Å². The van der Waals surface area contributed by atoms with E-state index in [-0.39, 0.29) is 23.8 Å². The van der Waals surface area contributed by atoms with Gasteiger partial charge in [0.1, 0.15) is 24.6 Å². The number of ether oxygens (including phenoxy) is 1. The van der Waals surface area contributed by atoms with Gasteiger partial charge in [0.05, 0.1) is 12.0 Å². The number of hydrogen-bond acceptors (Lipinski definition) is 4. The van der Waals surface area contributed by atoms with Crippen LogP contribution < -0.4 is 15.0 Å². The fourth-order valence-corrected chi connectivity index (χ4v) is 2.61. The fraction of sp³-hybridized carbons (Fsp3) is 0.316. The number of quaternary nitrogens is 1. The summed E-state index contributed by atoms with van der Waals surface area (Å²) in [4.78, 5) is 23.9. The Bertz CT molecular complexity index is 824. The Morgan fingerprint density at radius 2 is 1.85 bits per heavy atom. The molecule has 1 atom stereocenters. The van der Waals surface area contributed by atoms with Crippen molar-refractivity contribution in [1.82, 2.24) is 0 Å². The van der Waals surface area contributed by atoms with Crippen LogP contribution in [-0.2, 0) is 4.79 Å².